The second-order valence-electron chi connectivity index (χ2n) is 4.05. The summed E-state index contributed by atoms with van der Waals surface area (Å²) < 4.78 is 27.4. The van der Waals surface area contributed by atoms with Crippen molar-refractivity contribution in [3.8, 4) is 0 Å². The fourth-order valence-corrected chi connectivity index (χ4v) is 2.00. The van der Waals surface area contributed by atoms with Gasteiger partial charge in [0.1, 0.15) is 11.6 Å². The molecule has 2 aromatic carbocycles. The van der Waals surface area contributed by atoms with Crippen LogP contribution in [0.2, 0.25) is 0 Å². The molecule has 0 amide bonds. The number of nitrogens with one attached hydrogen (secondary N) is 1. The lowest BCUT2D eigenvalue weighted by Crippen LogP contribution is -2.02. The molecule has 0 spiro atoms. The molecule has 0 bridgehead atoms. The Bertz CT molecular complexity index is 665. The van der Waals surface area contributed by atoms with Crippen molar-refractivity contribution in [3.63, 3.8) is 0 Å². The van der Waals surface area contributed by atoms with Crippen molar-refractivity contribution in [3.05, 3.63) is 68.2 Å². The van der Waals surface area contributed by atoms with E-state index in [1.165, 1.54) is 18.2 Å². The summed E-state index contributed by atoms with van der Waals surface area (Å²) in [5.41, 5.74) is 0.261. The Balaban J connectivity index is 2.16. The molecule has 104 valence electrons. The van der Waals surface area contributed by atoms with Gasteiger partial charge in [0.15, 0.2) is 0 Å². The van der Waals surface area contributed by atoms with E-state index < -0.39 is 16.6 Å². The smallest absolute Gasteiger partial charge is 0.272 e. The molecular formula is C13H9BrF2N2O2. The molecule has 0 unspecified atom stereocenters. The van der Waals surface area contributed by atoms with Gasteiger partial charge in [-0.2, -0.15) is 0 Å². The highest BCUT2D eigenvalue weighted by molar-refractivity contribution is 9.10. The Labute approximate surface area is 121 Å². The molecule has 4 nitrogen and oxygen atoms in total. The maximum Gasteiger partial charge on any atom is 0.272 e. The maximum absolute atomic E-state index is 13.6. The van der Waals surface area contributed by atoms with Gasteiger partial charge in [-0.1, -0.05) is 15.9 Å². The summed E-state index contributed by atoms with van der Waals surface area (Å²) in [4.78, 5) is 9.95. The van der Waals surface area contributed by atoms with Crippen LogP contribution in [0.3, 0.4) is 0 Å². The van der Waals surface area contributed by atoms with E-state index in [2.05, 4.69) is 21.2 Å². The molecule has 1 N–H and O–H groups in total. The van der Waals surface area contributed by atoms with E-state index in [-0.39, 0.29) is 17.9 Å². The minimum Gasteiger partial charge on any atom is -0.379 e. The van der Waals surface area contributed by atoms with Crippen LogP contribution in [0.1, 0.15) is 5.56 Å². The summed E-state index contributed by atoms with van der Waals surface area (Å²) in [6, 6.07) is 7.70. The fraction of sp³-hybridized carbons (Fsp3) is 0.0769. The standard InChI is InChI=1S/C13H9BrF2N2O2/c14-9-1-2-13(12(16)5-9)17-7-8-3-10(15)6-11(4-8)18(19)20/h1-6,17H,7H2. The van der Waals surface area contributed by atoms with Gasteiger partial charge >= 0.3 is 0 Å². The lowest BCUT2D eigenvalue weighted by atomic mass is 10.2. The first-order chi connectivity index (χ1) is 9.45. The third-order valence-electron chi connectivity index (χ3n) is 2.57. The predicted molar refractivity (Wildman–Crippen MR) is 74.5 cm³/mol. The number of anilines is 1. The molecule has 0 radical (unpaired) electrons. The second-order valence-corrected chi connectivity index (χ2v) is 4.97. The number of hydrogen-bond acceptors (Lipinski definition) is 3. The summed E-state index contributed by atoms with van der Waals surface area (Å²) in [5.74, 6) is -1.17. The fourth-order valence-electron chi connectivity index (χ4n) is 1.67. The van der Waals surface area contributed by atoms with Crippen LogP contribution >= 0.6 is 15.9 Å². The zero-order valence-electron chi connectivity index (χ0n) is 10.1. The number of nitro benzene ring substituents is 1. The number of rotatable bonds is 4. The van der Waals surface area contributed by atoms with E-state index >= 15 is 0 Å². The van der Waals surface area contributed by atoms with Crippen molar-refractivity contribution in [2.45, 2.75) is 6.54 Å². The summed E-state index contributed by atoms with van der Waals surface area (Å²) in [6.45, 7) is 0.0805. The molecule has 2 rings (SSSR count). The number of non-ortho nitro benzene ring substituents is 1. The van der Waals surface area contributed by atoms with Crippen molar-refractivity contribution in [1.29, 1.82) is 0 Å². The van der Waals surface area contributed by atoms with Crippen molar-refractivity contribution < 1.29 is 13.7 Å². The van der Waals surface area contributed by atoms with E-state index in [4.69, 9.17) is 0 Å². The molecule has 7 heteroatoms. The lowest BCUT2D eigenvalue weighted by molar-refractivity contribution is -0.385. The zero-order chi connectivity index (χ0) is 14.7. The summed E-state index contributed by atoms with van der Waals surface area (Å²) in [7, 11) is 0. The van der Waals surface area contributed by atoms with E-state index in [9.17, 15) is 18.9 Å². The largest absolute Gasteiger partial charge is 0.379 e. The second kappa shape index (κ2) is 5.96. The van der Waals surface area contributed by atoms with Crippen molar-refractivity contribution in [2.24, 2.45) is 0 Å². The minimum atomic E-state index is -0.702. The van der Waals surface area contributed by atoms with Gasteiger partial charge in [-0.3, -0.25) is 10.1 Å². The molecule has 0 aromatic heterocycles. The molecule has 20 heavy (non-hydrogen) atoms. The average Bonchev–Trinajstić information content (AvgIpc) is 2.37. The third kappa shape index (κ3) is 3.51. The van der Waals surface area contributed by atoms with Gasteiger partial charge in [0.25, 0.3) is 5.69 Å². The number of hydrogen-bond donors (Lipinski definition) is 1. The Morgan fingerprint density at radius 1 is 1.20 bits per heavy atom. The van der Waals surface area contributed by atoms with Gasteiger partial charge in [-0.25, -0.2) is 8.78 Å². The quantitative estimate of drug-likeness (QED) is 0.667. The van der Waals surface area contributed by atoms with Crippen LogP contribution in [0.25, 0.3) is 0 Å². The van der Waals surface area contributed by atoms with Crippen LogP contribution in [0, 0.1) is 21.7 Å². The predicted octanol–water partition coefficient (Wildman–Crippen LogP) is 4.25. The van der Waals surface area contributed by atoms with Crippen LogP contribution in [0.4, 0.5) is 20.2 Å². The van der Waals surface area contributed by atoms with Gasteiger partial charge in [0, 0.05) is 17.1 Å². The van der Waals surface area contributed by atoms with E-state index in [0.717, 1.165) is 12.1 Å². The Hall–Kier alpha value is -2.02. The monoisotopic (exact) mass is 342 g/mol. The molecule has 0 saturated carbocycles. The van der Waals surface area contributed by atoms with Crippen LogP contribution in [-0.4, -0.2) is 4.92 Å². The highest BCUT2D eigenvalue weighted by Gasteiger charge is 2.10. The molecule has 0 atom stereocenters. The molecule has 0 saturated heterocycles. The van der Waals surface area contributed by atoms with Crippen LogP contribution in [-0.2, 0) is 6.54 Å². The summed E-state index contributed by atoms with van der Waals surface area (Å²) >= 11 is 3.13. The molecule has 0 fully saturated rings. The van der Waals surface area contributed by atoms with Gasteiger partial charge in [0.05, 0.1) is 16.7 Å². The van der Waals surface area contributed by atoms with Crippen LogP contribution < -0.4 is 5.32 Å². The van der Waals surface area contributed by atoms with E-state index in [1.54, 1.807) is 6.07 Å². The van der Waals surface area contributed by atoms with Gasteiger partial charge in [0.2, 0.25) is 0 Å². The molecular weight excluding hydrogens is 334 g/mol. The van der Waals surface area contributed by atoms with Crippen molar-refractivity contribution in [2.75, 3.05) is 5.32 Å². The van der Waals surface area contributed by atoms with Crippen molar-refractivity contribution in [1.82, 2.24) is 0 Å². The molecule has 0 heterocycles. The Kier molecular flexibility index (Phi) is 4.29. The summed E-state index contributed by atoms with van der Waals surface area (Å²) in [6.07, 6.45) is 0. The highest BCUT2D eigenvalue weighted by atomic mass is 79.9. The average molecular weight is 343 g/mol. The Morgan fingerprint density at radius 3 is 2.60 bits per heavy atom. The van der Waals surface area contributed by atoms with Crippen LogP contribution in [0.5, 0.6) is 0 Å². The molecule has 2 aromatic rings. The minimum absolute atomic E-state index is 0.0805. The van der Waals surface area contributed by atoms with Gasteiger partial charge in [-0.05, 0) is 29.8 Å². The van der Waals surface area contributed by atoms with Crippen LogP contribution in [0.15, 0.2) is 40.9 Å². The zero-order valence-corrected chi connectivity index (χ0v) is 11.7. The molecule has 0 aliphatic heterocycles. The van der Waals surface area contributed by atoms with Crippen molar-refractivity contribution >= 4 is 27.3 Å². The third-order valence-corrected chi connectivity index (χ3v) is 3.06. The summed E-state index contributed by atoms with van der Waals surface area (Å²) in [5, 5.41) is 13.4. The maximum atomic E-state index is 13.6. The molecule has 0 aliphatic carbocycles. The number of halogens is 3. The first kappa shape index (κ1) is 14.4. The Morgan fingerprint density at radius 2 is 1.95 bits per heavy atom. The lowest BCUT2D eigenvalue weighted by Gasteiger charge is -2.08. The van der Waals surface area contributed by atoms with E-state index in [0.29, 0.717) is 10.0 Å². The van der Waals surface area contributed by atoms with Gasteiger partial charge in [-0.15, -0.1) is 0 Å². The topological polar surface area (TPSA) is 55.2 Å². The van der Waals surface area contributed by atoms with Gasteiger partial charge < -0.3 is 5.32 Å². The SMILES string of the molecule is O=[N+]([O-])c1cc(F)cc(CNc2ccc(Br)cc2F)c1. The first-order valence-corrected chi connectivity index (χ1v) is 6.38. The van der Waals surface area contributed by atoms with E-state index in [1.807, 2.05) is 0 Å². The molecule has 0 aliphatic rings. The number of nitro groups is 1. The first-order valence-electron chi connectivity index (χ1n) is 5.58. The highest BCUT2D eigenvalue weighted by Crippen LogP contribution is 2.21. The number of nitrogens with zero attached hydrogens (tertiary/aromatic N) is 1. The normalized spacial score (nSPS) is 10.3. The number of benzene rings is 2.